The van der Waals surface area contributed by atoms with E-state index in [1.807, 2.05) is 7.11 Å². The lowest BCUT2D eigenvalue weighted by molar-refractivity contribution is -0.0755. The maximum Gasteiger partial charge on any atom is 0.0833 e. The number of hydrogen-bond acceptors (Lipinski definition) is 2. The van der Waals surface area contributed by atoms with Crippen LogP contribution in [0.2, 0.25) is 0 Å². The lowest BCUT2D eigenvalue weighted by atomic mass is 9.70. The monoisotopic (exact) mass is 225 g/mol. The molecule has 0 amide bonds. The molecule has 2 nitrogen and oxygen atoms in total. The topological polar surface area (TPSA) is 21.3 Å². The quantitative estimate of drug-likeness (QED) is 0.742. The third kappa shape index (κ3) is 2.28. The molecule has 2 fully saturated rings. The van der Waals surface area contributed by atoms with Crippen molar-refractivity contribution >= 4 is 0 Å². The first-order valence-electron chi connectivity index (χ1n) is 7.05. The standard InChI is InChI=1S/C14H27NO/c1-15-13(12-8-7-9-12)14(16-2)10-5-3-4-6-11-14/h12-13,15H,3-11H2,1-2H3. The highest BCUT2D eigenvalue weighted by Crippen LogP contribution is 2.41. The largest absolute Gasteiger partial charge is 0.377 e. The van der Waals surface area contributed by atoms with Gasteiger partial charge in [-0.05, 0) is 38.6 Å². The molecule has 0 aromatic rings. The SMILES string of the molecule is CNC(C1CCC1)C1(OC)CCCCCC1. The zero-order valence-corrected chi connectivity index (χ0v) is 10.9. The molecule has 1 N–H and O–H groups in total. The minimum absolute atomic E-state index is 0.135. The molecule has 2 saturated carbocycles. The highest BCUT2D eigenvalue weighted by Gasteiger charge is 2.43. The average Bonchev–Trinajstić information content (AvgIpc) is 2.49. The summed E-state index contributed by atoms with van der Waals surface area (Å²) in [7, 11) is 4.04. The summed E-state index contributed by atoms with van der Waals surface area (Å²) in [5, 5.41) is 3.57. The molecule has 0 saturated heterocycles. The maximum absolute atomic E-state index is 6.01. The lowest BCUT2D eigenvalue weighted by Gasteiger charge is -2.46. The molecule has 0 aliphatic heterocycles. The molecule has 2 rings (SSSR count). The summed E-state index contributed by atoms with van der Waals surface area (Å²) in [6, 6.07) is 0.587. The fourth-order valence-electron chi connectivity index (χ4n) is 3.67. The molecule has 2 heteroatoms. The summed E-state index contributed by atoms with van der Waals surface area (Å²) in [6.45, 7) is 0. The molecule has 0 radical (unpaired) electrons. The summed E-state index contributed by atoms with van der Waals surface area (Å²) in [6.07, 6.45) is 12.2. The van der Waals surface area contributed by atoms with Gasteiger partial charge in [0.15, 0.2) is 0 Å². The second kappa shape index (κ2) is 5.50. The van der Waals surface area contributed by atoms with E-state index in [1.54, 1.807) is 0 Å². The number of hydrogen-bond donors (Lipinski definition) is 1. The average molecular weight is 225 g/mol. The van der Waals surface area contributed by atoms with Gasteiger partial charge < -0.3 is 10.1 Å². The zero-order chi connectivity index (χ0) is 11.4. The van der Waals surface area contributed by atoms with Gasteiger partial charge in [-0.3, -0.25) is 0 Å². The van der Waals surface area contributed by atoms with E-state index in [9.17, 15) is 0 Å². The zero-order valence-electron chi connectivity index (χ0n) is 10.9. The van der Waals surface area contributed by atoms with Gasteiger partial charge in [-0.25, -0.2) is 0 Å². The minimum Gasteiger partial charge on any atom is -0.377 e. The summed E-state index contributed by atoms with van der Waals surface area (Å²) in [4.78, 5) is 0. The van der Waals surface area contributed by atoms with Crippen molar-refractivity contribution in [2.24, 2.45) is 5.92 Å². The van der Waals surface area contributed by atoms with Crippen LogP contribution in [0.3, 0.4) is 0 Å². The predicted molar refractivity (Wildman–Crippen MR) is 67.6 cm³/mol. The lowest BCUT2D eigenvalue weighted by Crippen LogP contribution is -2.56. The van der Waals surface area contributed by atoms with Crippen LogP contribution in [0, 0.1) is 5.92 Å². The van der Waals surface area contributed by atoms with Crippen molar-refractivity contribution in [2.45, 2.75) is 69.4 Å². The summed E-state index contributed by atoms with van der Waals surface area (Å²) in [5.41, 5.74) is 0.135. The number of likely N-dealkylation sites (N-methyl/N-ethyl adjacent to an activating group) is 1. The summed E-state index contributed by atoms with van der Waals surface area (Å²) in [5.74, 6) is 0.864. The van der Waals surface area contributed by atoms with Gasteiger partial charge in [0.25, 0.3) is 0 Å². The van der Waals surface area contributed by atoms with E-state index in [0.29, 0.717) is 6.04 Å². The number of ether oxygens (including phenoxy) is 1. The van der Waals surface area contributed by atoms with Crippen LogP contribution in [0.15, 0.2) is 0 Å². The van der Waals surface area contributed by atoms with E-state index in [4.69, 9.17) is 4.74 Å². The van der Waals surface area contributed by atoms with Gasteiger partial charge in [0.1, 0.15) is 0 Å². The first kappa shape index (κ1) is 12.4. The Hall–Kier alpha value is -0.0800. The van der Waals surface area contributed by atoms with Crippen LogP contribution in [-0.2, 0) is 4.74 Å². The van der Waals surface area contributed by atoms with Crippen molar-refractivity contribution in [1.82, 2.24) is 5.32 Å². The number of methoxy groups -OCH3 is 1. The summed E-state index contributed by atoms with van der Waals surface area (Å²) < 4.78 is 6.01. The normalized spacial score (nSPS) is 28.1. The molecule has 0 heterocycles. The number of rotatable bonds is 4. The Labute approximate surface area is 100 Å². The third-order valence-electron chi connectivity index (χ3n) is 4.86. The Kier molecular flexibility index (Phi) is 4.26. The van der Waals surface area contributed by atoms with Gasteiger partial charge in [-0.15, -0.1) is 0 Å². The molecule has 0 bridgehead atoms. The van der Waals surface area contributed by atoms with E-state index < -0.39 is 0 Å². The van der Waals surface area contributed by atoms with Crippen LogP contribution in [0.5, 0.6) is 0 Å². The molecular formula is C14H27NO. The summed E-state index contributed by atoms with van der Waals surface area (Å²) >= 11 is 0. The van der Waals surface area contributed by atoms with Crippen LogP contribution in [0.25, 0.3) is 0 Å². The van der Waals surface area contributed by atoms with Crippen LogP contribution >= 0.6 is 0 Å². The Morgan fingerprint density at radius 1 is 1.06 bits per heavy atom. The van der Waals surface area contributed by atoms with Crippen molar-refractivity contribution in [3.05, 3.63) is 0 Å². The highest BCUT2D eigenvalue weighted by atomic mass is 16.5. The highest BCUT2D eigenvalue weighted by molar-refractivity contribution is 4.99. The Balaban J connectivity index is 2.08. The Morgan fingerprint density at radius 3 is 2.06 bits per heavy atom. The molecule has 0 aromatic heterocycles. The second-order valence-electron chi connectivity index (χ2n) is 5.64. The smallest absolute Gasteiger partial charge is 0.0833 e. The van der Waals surface area contributed by atoms with Crippen LogP contribution < -0.4 is 5.32 Å². The molecule has 0 spiro atoms. The van der Waals surface area contributed by atoms with Crippen molar-refractivity contribution in [1.29, 1.82) is 0 Å². The van der Waals surface area contributed by atoms with Gasteiger partial charge in [-0.1, -0.05) is 32.1 Å². The molecule has 94 valence electrons. The number of nitrogens with one attached hydrogen (secondary N) is 1. The van der Waals surface area contributed by atoms with Crippen molar-refractivity contribution in [3.8, 4) is 0 Å². The minimum atomic E-state index is 0.135. The van der Waals surface area contributed by atoms with Crippen LogP contribution in [0.4, 0.5) is 0 Å². The first-order valence-corrected chi connectivity index (χ1v) is 7.05. The fraction of sp³-hybridized carbons (Fsp3) is 1.00. The van der Waals surface area contributed by atoms with Crippen molar-refractivity contribution in [3.63, 3.8) is 0 Å². The van der Waals surface area contributed by atoms with Crippen LogP contribution in [0.1, 0.15) is 57.8 Å². The molecule has 16 heavy (non-hydrogen) atoms. The van der Waals surface area contributed by atoms with E-state index in [-0.39, 0.29) is 5.60 Å². The third-order valence-corrected chi connectivity index (χ3v) is 4.86. The van der Waals surface area contributed by atoms with E-state index >= 15 is 0 Å². The van der Waals surface area contributed by atoms with E-state index in [2.05, 4.69) is 12.4 Å². The van der Waals surface area contributed by atoms with Gasteiger partial charge in [0.05, 0.1) is 5.60 Å². The van der Waals surface area contributed by atoms with Crippen molar-refractivity contribution in [2.75, 3.05) is 14.2 Å². The maximum atomic E-state index is 6.01. The van der Waals surface area contributed by atoms with Gasteiger partial charge in [0.2, 0.25) is 0 Å². The van der Waals surface area contributed by atoms with Gasteiger partial charge in [0, 0.05) is 13.2 Å². The molecule has 0 aromatic carbocycles. The Bertz CT molecular complexity index is 205. The van der Waals surface area contributed by atoms with Crippen molar-refractivity contribution < 1.29 is 4.74 Å². The van der Waals surface area contributed by atoms with E-state index in [0.717, 1.165) is 5.92 Å². The van der Waals surface area contributed by atoms with Gasteiger partial charge in [-0.2, -0.15) is 0 Å². The van der Waals surface area contributed by atoms with E-state index in [1.165, 1.54) is 57.8 Å². The molecular weight excluding hydrogens is 198 g/mol. The molecule has 1 unspecified atom stereocenters. The molecule has 1 atom stereocenters. The van der Waals surface area contributed by atoms with Crippen LogP contribution in [-0.4, -0.2) is 25.8 Å². The van der Waals surface area contributed by atoms with Gasteiger partial charge >= 0.3 is 0 Å². The Morgan fingerprint density at radius 2 is 1.69 bits per heavy atom. The molecule has 2 aliphatic carbocycles. The first-order chi connectivity index (χ1) is 7.82. The second-order valence-corrected chi connectivity index (χ2v) is 5.64. The fourth-order valence-corrected chi connectivity index (χ4v) is 3.67. The molecule has 2 aliphatic rings. The predicted octanol–water partition coefficient (Wildman–Crippen LogP) is 3.11.